The van der Waals surface area contributed by atoms with E-state index in [0.29, 0.717) is 5.56 Å². The van der Waals surface area contributed by atoms with Crippen molar-refractivity contribution in [3.8, 4) is 0 Å². The van der Waals surface area contributed by atoms with Crippen molar-refractivity contribution in [2.45, 2.75) is 18.9 Å². The third-order valence-corrected chi connectivity index (χ3v) is 5.26. The molecule has 1 aliphatic rings. The summed E-state index contributed by atoms with van der Waals surface area (Å²) in [5, 5.41) is 4.11. The van der Waals surface area contributed by atoms with Crippen LogP contribution in [0.4, 0.5) is 5.95 Å². The maximum atomic E-state index is 12.7. The van der Waals surface area contributed by atoms with Gasteiger partial charge in [0.2, 0.25) is 5.95 Å². The van der Waals surface area contributed by atoms with Crippen LogP contribution in [0.25, 0.3) is 11.0 Å². The van der Waals surface area contributed by atoms with Crippen molar-refractivity contribution in [2.75, 3.05) is 25.0 Å². The standard InChI is InChI=1S/C19H24N6O/c1-22-12-14(11-20-22)18(26)23(2)15-7-6-10-25(13-15)19-21-16-8-4-5-9-17(16)24(19)3/h4-5,8-9,11-12,15H,6-7,10,13H2,1-3H3. The first kappa shape index (κ1) is 16.6. The van der Waals surface area contributed by atoms with Gasteiger partial charge in [-0.25, -0.2) is 4.98 Å². The van der Waals surface area contributed by atoms with Crippen molar-refractivity contribution in [2.24, 2.45) is 14.1 Å². The molecular formula is C19H24N6O. The average molecular weight is 352 g/mol. The molecule has 0 radical (unpaired) electrons. The molecule has 3 heterocycles. The van der Waals surface area contributed by atoms with E-state index in [0.717, 1.165) is 42.9 Å². The summed E-state index contributed by atoms with van der Waals surface area (Å²) in [6, 6.07) is 8.34. The number of anilines is 1. The molecule has 0 spiro atoms. The predicted octanol–water partition coefficient (Wildman–Crippen LogP) is 2.05. The molecule has 3 aromatic rings. The number of piperidine rings is 1. The highest BCUT2D eigenvalue weighted by Gasteiger charge is 2.29. The van der Waals surface area contributed by atoms with Crippen molar-refractivity contribution < 1.29 is 4.79 Å². The van der Waals surface area contributed by atoms with E-state index in [4.69, 9.17) is 4.98 Å². The highest BCUT2D eigenvalue weighted by molar-refractivity contribution is 5.93. The third kappa shape index (κ3) is 2.83. The van der Waals surface area contributed by atoms with Crippen LogP contribution in [-0.2, 0) is 14.1 Å². The maximum Gasteiger partial charge on any atom is 0.257 e. The molecule has 7 nitrogen and oxygen atoms in total. The summed E-state index contributed by atoms with van der Waals surface area (Å²) in [6.07, 6.45) is 5.44. The Morgan fingerprint density at radius 3 is 2.81 bits per heavy atom. The molecule has 136 valence electrons. The van der Waals surface area contributed by atoms with Gasteiger partial charge in [0.05, 0.1) is 22.8 Å². The molecule has 0 N–H and O–H groups in total. The van der Waals surface area contributed by atoms with E-state index in [1.54, 1.807) is 17.1 Å². The number of imidazole rings is 1. The minimum atomic E-state index is 0.0231. The van der Waals surface area contributed by atoms with Crippen LogP contribution in [0.15, 0.2) is 36.7 Å². The minimum absolute atomic E-state index is 0.0231. The van der Waals surface area contributed by atoms with Gasteiger partial charge in [0, 0.05) is 46.5 Å². The molecule has 0 saturated carbocycles. The Morgan fingerprint density at radius 1 is 1.27 bits per heavy atom. The Kier molecular flexibility index (Phi) is 4.14. The number of nitrogens with zero attached hydrogens (tertiary/aromatic N) is 6. The second kappa shape index (κ2) is 6.48. The SMILES string of the molecule is CN(C(=O)c1cnn(C)c1)C1CCCN(c2nc3ccccc3n2C)C1. The van der Waals surface area contributed by atoms with E-state index in [9.17, 15) is 4.79 Å². The van der Waals surface area contributed by atoms with Gasteiger partial charge in [-0.3, -0.25) is 9.48 Å². The van der Waals surface area contributed by atoms with E-state index in [2.05, 4.69) is 27.7 Å². The quantitative estimate of drug-likeness (QED) is 0.724. The number of para-hydroxylation sites is 2. The number of aryl methyl sites for hydroxylation is 2. The lowest BCUT2D eigenvalue weighted by molar-refractivity contribution is 0.0717. The smallest absolute Gasteiger partial charge is 0.257 e. The number of fused-ring (bicyclic) bond motifs is 1. The lowest BCUT2D eigenvalue weighted by Gasteiger charge is -2.38. The Labute approximate surface area is 152 Å². The Morgan fingerprint density at radius 2 is 2.08 bits per heavy atom. The zero-order valence-corrected chi connectivity index (χ0v) is 15.5. The Bertz CT molecular complexity index is 943. The highest BCUT2D eigenvalue weighted by atomic mass is 16.2. The first-order chi connectivity index (χ1) is 12.5. The molecule has 1 aromatic carbocycles. The zero-order chi connectivity index (χ0) is 18.3. The third-order valence-electron chi connectivity index (χ3n) is 5.26. The van der Waals surface area contributed by atoms with Gasteiger partial charge in [-0.05, 0) is 25.0 Å². The molecular weight excluding hydrogens is 328 g/mol. The molecule has 0 aliphatic carbocycles. The predicted molar refractivity (Wildman–Crippen MR) is 101 cm³/mol. The Balaban J connectivity index is 1.55. The number of hydrogen-bond donors (Lipinski definition) is 0. The van der Waals surface area contributed by atoms with Crippen LogP contribution in [0.5, 0.6) is 0 Å². The summed E-state index contributed by atoms with van der Waals surface area (Å²) >= 11 is 0. The Hall–Kier alpha value is -2.83. The fourth-order valence-electron chi connectivity index (χ4n) is 3.77. The molecule has 1 amide bonds. The molecule has 1 aliphatic heterocycles. The number of benzene rings is 1. The first-order valence-corrected chi connectivity index (χ1v) is 8.97. The van der Waals surface area contributed by atoms with Crippen molar-refractivity contribution in [1.29, 1.82) is 0 Å². The van der Waals surface area contributed by atoms with Gasteiger partial charge >= 0.3 is 0 Å². The molecule has 2 aromatic heterocycles. The van der Waals surface area contributed by atoms with Crippen LogP contribution in [0.2, 0.25) is 0 Å². The molecule has 1 saturated heterocycles. The van der Waals surface area contributed by atoms with Crippen molar-refractivity contribution >= 4 is 22.9 Å². The van der Waals surface area contributed by atoms with Crippen molar-refractivity contribution in [3.63, 3.8) is 0 Å². The van der Waals surface area contributed by atoms with Crippen LogP contribution in [-0.4, -0.2) is 56.3 Å². The fraction of sp³-hybridized carbons (Fsp3) is 0.421. The van der Waals surface area contributed by atoms with E-state index < -0.39 is 0 Å². The van der Waals surface area contributed by atoms with Gasteiger partial charge in [0.1, 0.15) is 0 Å². The van der Waals surface area contributed by atoms with E-state index >= 15 is 0 Å². The normalized spacial score (nSPS) is 17.7. The number of hydrogen-bond acceptors (Lipinski definition) is 4. The topological polar surface area (TPSA) is 59.2 Å². The van der Waals surface area contributed by atoms with E-state index in [1.807, 2.05) is 37.2 Å². The number of amides is 1. The van der Waals surface area contributed by atoms with Crippen LogP contribution in [0.1, 0.15) is 23.2 Å². The second-order valence-corrected chi connectivity index (χ2v) is 7.02. The van der Waals surface area contributed by atoms with Crippen LogP contribution in [0, 0.1) is 0 Å². The van der Waals surface area contributed by atoms with Gasteiger partial charge in [0.15, 0.2) is 0 Å². The number of likely N-dealkylation sites (N-methyl/N-ethyl adjacent to an activating group) is 1. The molecule has 7 heteroatoms. The molecule has 1 fully saturated rings. The zero-order valence-electron chi connectivity index (χ0n) is 15.5. The average Bonchev–Trinajstić information content (AvgIpc) is 3.25. The first-order valence-electron chi connectivity index (χ1n) is 8.97. The van der Waals surface area contributed by atoms with Crippen LogP contribution in [0.3, 0.4) is 0 Å². The number of aromatic nitrogens is 4. The lowest BCUT2D eigenvalue weighted by atomic mass is 10.0. The summed E-state index contributed by atoms with van der Waals surface area (Å²) in [5.41, 5.74) is 2.77. The molecule has 0 bridgehead atoms. The number of carbonyl (C=O) groups excluding carboxylic acids is 1. The highest BCUT2D eigenvalue weighted by Crippen LogP contribution is 2.25. The molecule has 1 atom stereocenters. The van der Waals surface area contributed by atoms with Gasteiger partial charge in [-0.1, -0.05) is 12.1 Å². The summed E-state index contributed by atoms with van der Waals surface area (Å²) in [6.45, 7) is 1.75. The van der Waals surface area contributed by atoms with Gasteiger partial charge in [-0.15, -0.1) is 0 Å². The van der Waals surface area contributed by atoms with E-state index in [-0.39, 0.29) is 11.9 Å². The van der Waals surface area contributed by atoms with E-state index in [1.165, 1.54) is 0 Å². The largest absolute Gasteiger partial charge is 0.340 e. The van der Waals surface area contributed by atoms with Gasteiger partial charge < -0.3 is 14.4 Å². The number of carbonyl (C=O) groups is 1. The molecule has 1 unspecified atom stereocenters. The summed E-state index contributed by atoms with van der Waals surface area (Å²) in [5.74, 6) is 0.994. The summed E-state index contributed by atoms with van der Waals surface area (Å²) < 4.78 is 3.80. The lowest BCUT2D eigenvalue weighted by Crippen LogP contribution is -2.49. The summed E-state index contributed by atoms with van der Waals surface area (Å²) in [7, 11) is 5.77. The van der Waals surface area contributed by atoms with Crippen molar-refractivity contribution in [1.82, 2.24) is 24.2 Å². The second-order valence-electron chi connectivity index (χ2n) is 7.02. The van der Waals surface area contributed by atoms with Gasteiger partial charge in [0.25, 0.3) is 5.91 Å². The van der Waals surface area contributed by atoms with Crippen LogP contribution < -0.4 is 4.90 Å². The molecule has 4 rings (SSSR count). The number of rotatable bonds is 3. The summed E-state index contributed by atoms with van der Waals surface area (Å²) in [4.78, 5) is 21.7. The minimum Gasteiger partial charge on any atom is -0.340 e. The van der Waals surface area contributed by atoms with Gasteiger partial charge in [-0.2, -0.15) is 5.10 Å². The molecule has 26 heavy (non-hydrogen) atoms. The van der Waals surface area contributed by atoms with Crippen molar-refractivity contribution in [3.05, 3.63) is 42.2 Å². The van der Waals surface area contributed by atoms with Crippen LogP contribution >= 0.6 is 0 Å². The fourth-order valence-corrected chi connectivity index (χ4v) is 3.77. The maximum absolute atomic E-state index is 12.7. The monoisotopic (exact) mass is 352 g/mol.